The molecule has 9 nitrogen and oxygen atoms in total. The zero-order chi connectivity index (χ0) is 30.5. The van der Waals surface area contributed by atoms with Crippen LogP contribution in [0.4, 0.5) is 4.39 Å². The second kappa shape index (κ2) is 13.2. The third-order valence-corrected chi connectivity index (χ3v) is 7.73. The Morgan fingerprint density at radius 1 is 1.09 bits per heavy atom. The van der Waals surface area contributed by atoms with Crippen molar-refractivity contribution in [2.45, 2.75) is 32.4 Å². The lowest BCUT2D eigenvalue weighted by molar-refractivity contribution is -0.123. The van der Waals surface area contributed by atoms with Crippen LogP contribution in [0.3, 0.4) is 0 Å². The lowest BCUT2D eigenvalue weighted by Crippen LogP contribution is -2.39. The monoisotopic (exact) mass is 589 g/mol. The van der Waals surface area contributed by atoms with E-state index in [-0.39, 0.29) is 43.2 Å². The lowest BCUT2D eigenvalue weighted by atomic mass is 10.00. The summed E-state index contributed by atoms with van der Waals surface area (Å²) in [7, 11) is 5.06. The van der Waals surface area contributed by atoms with Crippen LogP contribution < -0.4 is 24.8 Å². The van der Waals surface area contributed by atoms with Crippen molar-refractivity contribution in [3.8, 4) is 17.2 Å². The minimum absolute atomic E-state index is 0.0823. The van der Waals surface area contributed by atoms with Gasteiger partial charge in [-0.05, 0) is 103 Å². The number of nitrogens with zero attached hydrogens (tertiary/aromatic N) is 1. The number of carbonyl (C=O) groups excluding carboxylic acids is 2. The lowest BCUT2D eigenvalue weighted by Gasteiger charge is -2.17. The van der Waals surface area contributed by atoms with Gasteiger partial charge in [-0.15, -0.1) is 0 Å². The van der Waals surface area contributed by atoms with Gasteiger partial charge in [0.25, 0.3) is 5.91 Å². The normalized spacial score (nSPS) is 17.2. The van der Waals surface area contributed by atoms with Crippen molar-refractivity contribution in [3.63, 3.8) is 0 Å². The van der Waals surface area contributed by atoms with Gasteiger partial charge in [0.15, 0.2) is 18.1 Å². The van der Waals surface area contributed by atoms with Gasteiger partial charge < -0.3 is 34.2 Å². The van der Waals surface area contributed by atoms with E-state index in [1.54, 1.807) is 36.6 Å². The SMILES string of the molecule is COc1cc(/C=C2/C(C)=C(CC(=O)NCc3ccco3)c3cc(F)ccc32)cc(OC)c1OCC(=O)NC1CCN(C)C1. The van der Waals surface area contributed by atoms with E-state index >= 15 is 0 Å². The average Bonchev–Trinajstić information content (AvgIpc) is 3.72. The summed E-state index contributed by atoms with van der Waals surface area (Å²) in [5, 5.41) is 5.87. The van der Waals surface area contributed by atoms with Crippen molar-refractivity contribution in [3.05, 3.63) is 82.6 Å². The molecule has 2 aliphatic rings. The summed E-state index contributed by atoms with van der Waals surface area (Å²) in [6.45, 7) is 3.76. The summed E-state index contributed by atoms with van der Waals surface area (Å²) in [4.78, 5) is 27.6. The number of hydrogen-bond acceptors (Lipinski definition) is 7. The number of likely N-dealkylation sites (N-methyl/N-ethyl adjacent to an activating group) is 1. The van der Waals surface area contributed by atoms with Crippen LogP contribution in [-0.4, -0.2) is 63.7 Å². The average molecular weight is 590 g/mol. The maximum absolute atomic E-state index is 14.4. The van der Waals surface area contributed by atoms with Crippen LogP contribution >= 0.6 is 0 Å². The Hall–Kier alpha value is -4.57. The topological polar surface area (TPSA) is 102 Å². The Kier molecular flexibility index (Phi) is 9.16. The molecule has 1 unspecified atom stereocenters. The smallest absolute Gasteiger partial charge is 0.258 e. The highest BCUT2D eigenvalue weighted by Gasteiger charge is 2.27. The van der Waals surface area contributed by atoms with Gasteiger partial charge in [-0.1, -0.05) is 6.07 Å². The molecule has 0 saturated carbocycles. The van der Waals surface area contributed by atoms with Crippen LogP contribution in [0.5, 0.6) is 17.2 Å². The molecule has 5 rings (SSSR count). The standard InChI is InChI=1S/C33H36FN3O6/c1-20-26(25-8-7-22(34)15-28(25)27(20)16-31(38)35-17-24-6-5-11-42-24)12-21-13-29(40-3)33(30(14-21)41-4)43-19-32(39)36-23-9-10-37(2)18-23/h5-8,11-15,23H,9-10,16-19H2,1-4H3,(H,35,38)(H,36,39)/b26-12-. The summed E-state index contributed by atoms with van der Waals surface area (Å²) >= 11 is 0. The zero-order valence-corrected chi connectivity index (χ0v) is 24.8. The molecule has 1 saturated heterocycles. The maximum atomic E-state index is 14.4. The molecule has 226 valence electrons. The van der Waals surface area contributed by atoms with Crippen molar-refractivity contribution in [2.24, 2.45) is 0 Å². The van der Waals surface area contributed by atoms with Gasteiger partial charge in [0.1, 0.15) is 11.6 Å². The number of allylic oxidation sites excluding steroid dienone is 2. The first-order valence-corrected chi connectivity index (χ1v) is 14.1. The Morgan fingerprint density at radius 3 is 2.51 bits per heavy atom. The highest BCUT2D eigenvalue weighted by Crippen LogP contribution is 2.45. The Bertz CT molecular complexity index is 1540. The first-order valence-electron chi connectivity index (χ1n) is 14.1. The molecule has 1 fully saturated rings. The van der Waals surface area contributed by atoms with E-state index in [1.807, 2.05) is 20.0 Å². The molecule has 1 aliphatic heterocycles. The molecule has 2 heterocycles. The van der Waals surface area contributed by atoms with Crippen molar-refractivity contribution in [2.75, 3.05) is 41.0 Å². The Balaban J connectivity index is 1.38. The number of amides is 2. The van der Waals surface area contributed by atoms with Crippen molar-refractivity contribution in [1.29, 1.82) is 0 Å². The van der Waals surface area contributed by atoms with Gasteiger partial charge in [0.2, 0.25) is 11.7 Å². The third-order valence-electron chi connectivity index (χ3n) is 7.73. The van der Waals surface area contributed by atoms with Crippen LogP contribution in [0.1, 0.15) is 42.2 Å². The van der Waals surface area contributed by atoms with Crippen LogP contribution in [0.25, 0.3) is 17.2 Å². The first kappa shape index (κ1) is 29.9. The van der Waals surface area contributed by atoms with E-state index in [0.29, 0.717) is 28.6 Å². The van der Waals surface area contributed by atoms with Gasteiger partial charge >= 0.3 is 0 Å². The van der Waals surface area contributed by atoms with Gasteiger partial charge in [0, 0.05) is 12.6 Å². The highest BCUT2D eigenvalue weighted by atomic mass is 19.1. The molecule has 0 radical (unpaired) electrons. The summed E-state index contributed by atoms with van der Waals surface area (Å²) in [5.41, 5.74) is 4.70. The number of likely N-dealkylation sites (tertiary alicyclic amines) is 1. The van der Waals surface area contributed by atoms with E-state index in [1.165, 1.54) is 26.4 Å². The number of benzene rings is 2. The van der Waals surface area contributed by atoms with E-state index in [4.69, 9.17) is 18.6 Å². The van der Waals surface area contributed by atoms with E-state index in [0.717, 1.165) is 47.4 Å². The molecule has 2 aromatic carbocycles. The highest BCUT2D eigenvalue weighted by molar-refractivity contribution is 6.08. The maximum Gasteiger partial charge on any atom is 0.258 e. The molecule has 1 aliphatic carbocycles. The summed E-state index contributed by atoms with van der Waals surface area (Å²) in [5.74, 6) is 0.973. The minimum Gasteiger partial charge on any atom is -0.493 e. The molecule has 2 amide bonds. The summed E-state index contributed by atoms with van der Waals surface area (Å²) in [6.07, 6.45) is 4.48. The van der Waals surface area contributed by atoms with E-state index in [9.17, 15) is 14.0 Å². The molecule has 0 spiro atoms. The van der Waals surface area contributed by atoms with Crippen LogP contribution in [-0.2, 0) is 16.1 Å². The van der Waals surface area contributed by atoms with Gasteiger partial charge in [-0.25, -0.2) is 4.39 Å². The number of furan rings is 1. The molecular formula is C33H36FN3O6. The number of hydrogen-bond donors (Lipinski definition) is 2. The van der Waals surface area contributed by atoms with Gasteiger partial charge in [-0.3, -0.25) is 9.59 Å². The second-order valence-electron chi connectivity index (χ2n) is 10.7. The van der Waals surface area contributed by atoms with Crippen molar-refractivity contribution < 1.29 is 32.6 Å². The number of nitrogens with one attached hydrogen (secondary N) is 2. The van der Waals surface area contributed by atoms with Gasteiger partial charge in [0.05, 0.1) is 33.4 Å². The van der Waals surface area contributed by atoms with Gasteiger partial charge in [-0.2, -0.15) is 0 Å². The predicted octanol–water partition coefficient (Wildman–Crippen LogP) is 4.67. The second-order valence-corrected chi connectivity index (χ2v) is 10.7. The number of halogens is 1. The van der Waals surface area contributed by atoms with E-state index in [2.05, 4.69) is 15.5 Å². The molecule has 0 bridgehead atoms. The largest absolute Gasteiger partial charge is 0.493 e. The minimum atomic E-state index is -0.380. The molecule has 1 atom stereocenters. The number of carbonyl (C=O) groups is 2. The van der Waals surface area contributed by atoms with Crippen LogP contribution in [0.2, 0.25) is 0 Å². The van der Waals surface area contributed by atoms with E-state index < -0.39 is 0 Å². The predicted molar refractivity (Wildman–Crippen MR) is 161 cm³/mol. The molecule has 1 aromatic heterocycles. The summed E-state index contributed by atoms with van der Waals surface area (Å²) in [6, 6.07) is 11.8. The quantitative estimate of drug-likeness (QED) is 0.335. The van der Waals surface area contributed by atoms with Crippen LogP contribution in [0, 0.1) is 5.82 Å². The Morgan fingerprint density at radius 2 is 1.86 bits per heavy atom. The van der Waals surface area contributed by atoms with Crippen molar-refractivity contribution >= 4 is 29.0 Å². The molecule has 3 aromatic rings. The molecule has 2 N–H and O–H groups in total. The molecule has 10 heteroatoms. The molecular weight excluding hydrogens is 553 g/mol. The Labute approximate surface area is 250 Å². The summed E-state index contributed by atoms with van der Waals surface area (Å²) < 4.78 is 36.8. The number of rotatable bonds is 11. The van der Waals surface area contributed by atoms with Crippen molar-refractivity contribution in [1.82, 2.24) is 15.5 Å². The molecule has 43 heavy (non-hydrogen) atoms. The zero-order valence-electron chi connectivity index (χ0n) is 24.8. The fourth-order valence-electron chi connectivity index (χ4n) is 5.56. The fraction of sp³-hybridized carbons (Fsp3) is 0.333. The third kappa shape index (κ3) is 6.91. The number of fused-ring (bicyclic) bond motifs is 1. The first-order chi connectivity index (χ1) is 20.7. The number of ether oxygens (including phenoxy) is 3. The fourth-order valence-corrected chi connectivity index (χ4v) is 5.56. The van der Waals surface area contributed by atoms with Crippen LogP contribution in [0.15, 0.2) is 58.7 Å². The number of methoxy groups -OCH3 is 2.